The number of phosphoric ester groups is 2. The fourth-order valence-electron chi connectivity index (χ4n) is 13.0. The highest BCUT2D eigenvalue weighted by Crippen LogP contribution is 2.45. The van der Waals surface area contributed by atoms with Crippen molar-refractivity contribution in [1.29, 1.82) is 0 Å². The van der Waals surface area contributed by atoms with Crippen molar-refractivity contribution in [2.75, 3.05) is 39.6 Å². The van der Waals surface area contributed by atoms with E-state index < -0.39 is 97.5 Å². The van der Waals surface area contributed by atoms with Gasteiger partial charge in [-0.15, -0.1) is 0 Å². The first-order chi connectivity index (χ1) is 49.7. The smallest absolute Gasteiger partial charge is 0.462 e. The van der Waals surface area contributed by atoms with Crippen molar-refractivity contribution in [2.24, 2.45) is 0 Å². The Labute approximate surface area is 626 Å². The second kappa shape index (κ2) is 77.2. The van der Waals surface area contributed by atoms with E-state index in [1.807, 2.05) is 0 Å². The topological polar surface area (TPSA) is 237 Å². The second-order valence-corrected chi connectivity index (χ2v) is 32.8. The van der Waals surface area contributed by atoms with Crippen LogP contribution in [0.3, 0.4) is 0 Å². The summed E-state index contributed by atoms with van der Waals surface area (Å²) >= 11 is 0. The zero-order valence-corrected chi connectivity index (χ0v) is 68.4. The van der Waals surface area contributed by atoms with Crippen LogP contribution in [0.5, 0.6) is 0 Å². The third-order valence-electron chi connectivity index (χ3n) is 19.6. The van der Waals surface area contributed by atoms with E-state index in [4.69, 9.17) is 37.0 Å². The molecule has 0 aliphatic heterocycles. The molecule has 0 saturated carbocycles. The van der Waals surface area contributed by atoms with Crippen molar-refractivity contribution >= 4 is 39.5 Å². The molecule has 5 atom stereocenters. The number of aliphatic hydroxyl groups excluding tert-OH is 1. The molecule has 0 aliphatic rings. The van der Waals surface area contributed by atoms with E-state index in [9.17, 15) is 43.2 Å². The van der Waals surface area contributed by atoms with Crippen molar-refractivity contribution < 1.29 is 80.2 Å². The maximum atomic E-state index is 13.1. The molecule has 0 fully saturated rings. The fraction of sp³-hybridized carbons (Fsp3) is 0.952. The average molecular weight is 1490 g/mol. The summed E-state index contributed by atoms with van der Waals surface area (Å²) in [5.74, 6) is -2.10. The maximum Gasteiger partial charge on any atom is 0.472 e. The van der Waals surface area contributed by atoms with Crippen molar-refractivity contribution in [1.82, 2.24) is 0 Å². The highest BCUT2D eigenvalue weighted by molar-refractivity contribution is 7.47. The van der Waals surface area contributed by atoms with Gasteiger partial charge in [0, 0.05) is 25.7 Å². The second-order valence-electron chi connectivity index (χ2n) is 29.9. The summed E-state index contributed by atoms with van der Waals surface area (Å²) < 4.78 is 68.8. The summed E-state index contributed by atoms with van der Waals surface area (Å²) in [6.45, 7) is 5.04. The summed E-state index contributed by atoms with van der Waals surface area (Å²) in [4.78, 5) is 73.1. The molecule has 0 rings (SSSR count). The van der Waals surface area contributed by atoms with Crippen LogP contribution in [0.1, 0.15) is 451 Å². The largest absolute Gasteiger partial charge is 0.472 e. The summed E-state index contributed by atoms with van der Waals surface area (Å²) in [5, 5.41) is 10.7. The molecule has 0 aromatic rings. The first kappa shape index (κ1) is 100. The molecule has 0 radical (unpaired) electrons. The Morgan fingerprint density at radius 3 is 0.578 bits per heavy atom. The molecule has 0 aromatic heterocycles. The Kier molecular flexibility index (Phi) is 75.8. The van der Waals surface area contributed by atoms with Gasteiger partial charge in [-0.1, -0.05) is 400 Å². The van der Waals surface area contributed by atoms with E-state index in [0.29, 0.717) is 25.7 Å². The minimum absolute atomic E-state index is 0.109. The van der Waals surface area contributed by atoms with Gasteiger partial charge in [-0.25, -0.2) is 9.13 Å². The van der Waals surface area contributed by atoms with Crippen LogP contribution in [0, 0.1) is 0 Å². The molecule has 19 heteroatoms. The number of esters is 4. The Hall–Kier alpha value is -1.94. The molecule has 0 spiro atoms. The Balaban J connectivity index is 5.22. The molecule has 0 bridgehead atoms. The standard InChI is InChI=1S/C83H162O17P2/c1-5-9-13-17-21-25-29-32-35-37-38-39-41-44-47-50-54-58-62-66-70-83(88)100-79(74-94-81(86)68-64-60-56-52-48-45-43-40-36-33-30-26-22-18-14-10-6-2)76-98-102(91,92)96-72-77(84)71-95-101(89,90)97-75-78(73-93-80(85)67-63-59-55-51-28-24-20-16-12-8-4)99-82(87)69-65-61-57-53-49-46-42-34-31-27-23-19-15-11-7-3/h77-79,84H,5-76H2,1-4H3,(H,89,90)(H,91,92)/t77-,78+,79+/m0/s1. The van der Waals surface area contributed by atoms with Crippen LogP contribution < -0.4 is 0 Å². The molecule has 0 aromatic carbocycles. The average Bonchev–Trinajstić information content (AvgIpc) is 0.914. The molecule has 606 valence electrons. The van der Waals surface area contributed by atoms with E-state index in [1.54, 1.807) is 0 Å². The van der Waals surface area contributed by atoms with E-state index in [2.05, 4.69) is 27.7 Å². The molecule has 0 heterocycles. The van der Waals surface area contributed by atoms with E-state index in [1.165, 1.54) is 283 Å². The van der Waals surface area contributed by atoms with Gasteiger partial charge in [-0.3, -0.25) is 37.3 Å². The Morgan fingerprint density at radius 1 is 0.235 bits per heavy atom. The lowest BCUT2D eigenvalue weighted by molar-refractivity contribution is -0.161. The van der Waals surface area contributed by atoms with Crippen molar-refractivity contribution in [3.63, 3.8) is 0 Å². The summed E-state index contributed by atoms with van der Waals surface area (Å²) in [6.07, 6.45) is 70.7. The van der Waals surface area contributed by atoms with E-state index >= 15 is 0 Å². The lowest BCUT2D eigenvalue weighted by atomic mass is 10.0. The van der Waals surface area contributed by atoms with E-state index in [-0.39, 0.29) is 25.7 Å². The first-order valence-electron chi connectivity index (χ1n) is 43.3. The Bertz CT molecular complexity index is 1930. The molecule has 2 unspecified atom stereocenters. The third-order valence-corrected chi connectivity index (χ3v) is 21.5. The monoisotopic (exact) mass is 1490 g/mol. The molecular weight excluding hydrogens is 1330 g/mol. The van der Waals surface area contributed by atoms with Gasteiger partial charge in [-0.05, 0) is 25.7 Å². The van der Waals surface area contributed by atoms with Crippen molar-refractivity contribution in [3.05, 3.63) is 0 Å². The van der Waals surface area contributed by atoms with Crippen LogP contribution >= 0.6 is 15.6 Å². The maximum absolute atomic E-state index is 13.1. The molecule has 3 N–H and O–H groups in total. The molecule has 102 heavy (non-hydrogen) atoms. The van der Waals surface area contributed by atoms with Crippen molar-refractivity contribution in [2.45, 2.75) is 470 Å². The molecule has 0 amide bonds. The molecule has 0 saturated heterocycles. The minimum atomic E-state index is -4.96. The third kappa shape index (κ3) is 76.3. The quantitative estimate of drug-likeness (QED) is 0.0222. The molecule has 0 aliphatic carbocycles. The number of hydrogen-bond acceptors (Lipinski definition) is 15. The number of phosphoric acid groups is 2. The highest BCUT2D eigenvalue weighted by atomic mass is 31.2. The van der Waals surface area contributed by atoms with Crippen LogP contribution in [-0.4, -0.2) is 96.7 Å². The minimum Gasteiger partial charge on any atom is -0.462 e. The van der Waals surface area contributed by atoms with Crippen LogP contribution in [0.15, 0.2) is 0 Å². The van der Waals surface area contributed by atoms with Crippen molar-refractivity contribution in [3.8, 4) is 0 Å². The van der Waals surface area contributed by atoms with Gasteiger partial charge < -0.3 is 33.8 Å². The lowest BCUT2D eigenvalue weighted by Crippen LogP contribution is -2.30. The fourth-order valence-corrected chi connectivity index (χ4v) is 14.6. The lowest BCUT2D eigenvalue weighted by Gasteiger charge is -2.21. The van der Waals surface area contributed by atoms with Gasteiger partial charge in [0.15, 0.2) is 12.2 Å². The molecule has 17 nitrogen and oxygen atoms in total. The predicted molar refractivity (Wildman–Crippen MR) is 419 cm³/mol. The van der Waals surface area contributed by atoms with Crippen LogP contribution in [-0.2, 0) is 65.4 Å². The van der Waals surface area contributed by atoms with E-state index in [0.717, 1.165) is 89.9 Å². The number of ether oxygens (including phenoxy) is 4. The number of hydrogen-bond donors (Lipinski definition) is 3. The van der Waals surface area contributed by atoms with Gasteiger partial charge in [-0.2, -0.15) is 0 Å². The SMILES string of the molecule is CCCCCCCCCCCCCCCCCCCCCCC(=O)O[C@H](COC(=O)CCCCCCCCCCCCCCCCCCC)COP(=O)(O)OC[C@@H](O)COP(=O)(O)OC[C@@H](COC(=O)CCCCCCCCCCCC)OC(=O)CCCCCCCCCCCCCCCCC. The summed E-state index contributed by atoms with van der Waals surface area (Å²) in [7, 11) is -9.92. The highest BCUT2D eigenvalue weighted by Gasteiger charge is 2.30. The molecular formula is C83H162O17P2. The predicted octanol–water partition coefficient (Wildman–Crippen LogP) is 25.4. The van der Waals surface area contributed by atoms with Gasteiger partial charge in [0.05, 0.1) is 26.4 Å². The number of rotatable bonds is 84. The number of aliphatic hydroxyl groups is 1. The zero-order chi connectivity index (χ0) is 74.6. The van der Waals surface area contributed by atoms with Crippen LogP contribution in [0.4, 0.5) is 0 Å². The van der Waals surface area contributed by atoms with Crippen LogP contribution in [0.25, 0.3) is 0 Å². The van der Waals surface area contributed by atoms with Crippen LogP contribution in [0.2, 0.25) is 0 Å². The van der Waals surface area contributed by atoms with Gasteiger partial charge >= 0.3 is 39.5 Å². The van der Waals surface area contributed by atoms with Gasteiger partial charge in [0.2, 0.25) is 0 Å². The summed E-state index contributed by atoms with van der Waals surface area (Å²) in [6, 6.07) is 0. The number of carbonyl (C=O) groups is 4. The number of carbonyl (C=O) groups excluding carboxylic acids is 4. The Morgan fingerprint density at radius 2 is 0.392 bits per heavy atom. The van der Waals surface area contributed by atoms with Gasteiger partial charge in [0.1, 0.15) is 19.3 Å². The first-order valence-corrected chi connectivity index (χ1v) is 46.3. The van der Waals surface area contributed by atoms with Gasteiger partial charge in [0.25, 0.3) is 0 Å². The normalized spacial score (nSPS) is 13.8. The number of unbranched alkanes of at least 4 members (excludes halogenated alkanes) is 58. The summed E-state index contributed by atoms with van der Waals surface area (Å²) in [5.41, 5.74) is 0. The zero-order valence-electron chi connectivity index (χ0n) is 66.6.